The highest BCUT2D eigenvalue weighted by Gasteiger charge is 2.34. The van der Waals surface area contributed by atoms with Crippen molar-refractivity contribution in [1.82, 2.24) is 4.90 Å². The molecule has 0 spiro atoms. The van der Waals surface area contributed by atoms with Crippen molar-refractivity contribution in [2.45, 2.75) is 17.7 Å². The lowest BCUT2D eigenvalue weighted by Crippen LogP contribution is -2.41. The van der Waals surface area contributed by atoms with E-state index >= 15 is 0 Å². The second-order valence-corrected chi connectivity index (χ2v) is 9.53. The van der Waals surface area contributed by atoms with Gasteiger partial charge in [-0.3, -0.25) is 4.79 Å². The van der Waals surface area contributed by atoms with Gasteiger partial charge in [0.1, 0.15) is 22.1 Å². The fourth-order valence-electron chi connectivity index (χ4n) is 4.04. The van der Waals surface area contributed by atoms with E-state index < -0.39 is 10.0 Å². The molecule has 2 heterocycles. The molecular formula is C25H22N2O5S. The molecule has 2 aliphatic rings. The Bertz CT molecular complexity index is 1300. The lowest BCUT2D eigenvalue weighted by molar-refractivity contribution is -0.140. The van der Waals surface area contributed by atoms with E-state index in [0.717, 1.165) is 5.75 Å². The third kappa shape index (κ3) is 4.47. The van der Waals surface area contributed by atoms with Crippen molar-refractivity contribution in [3.8, 4) is 17.2 Å². The van der Waals surface area contributed by atoms with Crippen molar-refractivity contribution in [2.75, 3.05) is 13.1 Å². The number of hydrogen-bond donors (Lipinski definition) is 0. The molecule has 0 saturated carbocycles. The van der Waals surface area contributed by atoms with Gasteiger partial charge in [0.25, 0.3) is 10.0 Å². The predicted molar refractivity (Wildman–Crippen MR) is 123 cm³/mol. The SMILES string of the molecule is O=C(Oc1ccc(Oc2ccccc2)cc1)C1CCN(C2=NS(=O)(=O)c3ccccc32)CC1. The highest BCUT2D eigenvalue weighted by molar-refractivity contribution is 7.90. The second kappa shape index (κ2) is 8.71. The van der Waals surface area contributed by atoms with Gasteiger partial charge in [0, 0.05) is 18.7 Å². The molecule has 1 saturated heterocycles. The van der Waals surface area contributed by atoms with E-state index in [9.17, 15) is 13.2 Å². The number of para-hydroxylation sites is 1. The predicted octanol–water partition coefficient (Wildman–Crippen LogP) is 4.25. The number of rotatable bonds is 4. The van der Waals surface area contributed by atoms with Gasteiger partial charge in [0.2, 0.25) is 0 Å². The highest BCUT2D eigenvalue weighted by atomic mass is 32.2. The third-order valence-corrected chi connectivity index (χ3v) is 7.09. The largest absolute Gasteiger partial charge is 0.457 e. The first-order valence-electron chi connectivity index (χ1n) is 10.7. The van der Waals surface area contributed by atoms with E-state index in [4.69, 9.17) is 9.47 Å². The molecule has 33 heavy (non-hydrogen) atoms. The smallest absolute Gasteiger partial charge is 0.314 e. The van der Waals surface area contributed by atoms with Crippen LogP contribution in [0.25, 0.3) is 0 Å². The van der Waals surface area contributed by atoms with E-state index in [1.807, 2.05) is 35.2 Å². The van der Waals surface area contributed by atoms with Crippen LogP contribution >= 0.6 is 0 Å². The first-order chi connectivity index (χ1) is 16.0. The minimum absolute atomic E-state index is 0.237. The first kappa shape index (κ1) is 21.2. The maximum Gasteiger partial charge on any atom is 0.314 e. The zero-order chi connectivity index (χ0) is 22.8. The summed E-state index contributed by atoms with van der Waals surface area (Å²) >= 11 is 0. The number of likely N-dealkylation sites (tertiary alicyclic amines) is 1. The van der Waals surface area contributed by atoms with Crippen LogP contribution in [0.4, 0.5) is 0 Å². The lowest BCUT2D eigenvalue weighted by Gasteiger charge is -2.32. The molecule has 8 heteroatoms. The normalized spacial score (nSPS) is 17.2. The maximum absolute atomic E-state index is 12.7. The summed E-state index contributed by atoms with van der Waals surface area (Å²) in [6.45, 7) is 1.07. The number of sulfonamides is 1. The zero-order valence-electron chi connectivity index (χ0n) is 17.8. The molecular weight excluding hydrogens is 440 g/mol. The van der Waals surface area contributed by atoms with Crippen molar-refractivity contribution in [3.05, 3.63) is 84.4 Å². The van der Waals surface area contributed by atoms with E-state index in [2.05, 4.69) is 4.40 Å². The van der Waals surface area contributed by atoms with Gasteiger partial charge in [0.05, 0.1) is 5.92 Å². The molecule has 0 N–H and O–H groups in total. The Labute approximate surface area is 192 Å². The van der Waals surface area contributed by atoms with Crippen LogP contribution in [0.2, 0.25) is 0 Å². The van der Waals surface area contributed by atoms with Gasteiger partial charge in [-0.1, -0.05) is 30.3 Å². The fourth-order valence-corrected chi connectivity index (χ4v) is 5.27. The van der Waals surface area contributed by atoms with Gasteiger partial charge < -0.3 is 14.4 Å². The number of hydrogen-bond acceptors (Lipinski definition) is 6. The standard InChI is InChI=1S/C25H22N2O5S/c28-25(32-21-12-10-20(11-13-21)31-19-6-2-1-3-7-19)18-14-16-27(17-15-18)24-22-8-4-5-9-23(22)33(29,30)26-24/h1-13,18H,14-17H2. The molecule has 7 nitrogen and oxygen atoms in total. The van der Waals surface area contributed by atoms with E-state index in [0.29, 0.717) is 48.8 Å². The summed E-state index contributed by atoms with van der Waals surface area (Å²) in [5.74, 6) is 1.77. The van der Waals surface area contributed by atoms with Gasteiger partial charge in [-0.15, -0.1) is 4.40 Å². The van der Waals surface area contributed by atoms with E-state index in [-0.39, 0.29) is 16.8 Å². The Morgan fingerprint density at radius 3 is 2.15 bits per heavy atom. The Kier molecular flexibility index (Phi) is 5.60. The van der Waals surface area contributed by atoms with E-state index in [1.54, 1.807) is 48.5 Å². The number of amidine groups is 1. The minimum atomic E-state index is -3.65. The zero-order valence-corrected chi connectivity index (χ0v) is 18.6. The molecule has 1 fully saturated rings. The summed E-state index contributed by atoms with van der Waals surface area (Å²) in [5.41, 5.74) is 0.622. The molecule has 0 atom stereocenters. The second-order valence-electron chi connectivity index (χ2n) is 7.96. The number of carbonyl (C=O) groups is 1. The Morgan fingerprint density at radius 1 is 0.818 bits per heavy atom. The summed E-state index contributed by atoms with van der Waals surface area (Å²) in [5, 5.41) is 0. The quantitative estimate of drug-likeness (QED) is 0.426. The van der Waals surface area contributed by atoms with Gasteiger partial charge >= 0.3 is 5.97 Å². The van der Waals surface area contributed by atoms with Crippen molar-refractivity contribution < 1.29 is 22.7 Å². The van der Waals surface area contributed by atoms with Crippen LogP contribution in [-0.4, -0.2) is 38.2 Å². The van der Waals surface area contributed by atoms with Crippen molar-refractivity contribution in [3.63, 3.8) is 0 Å². The first-order valence-corrected chi connectivity index (χ1v) is 12.2. The third-order valence-electron chi connectivity index (χ3n) is 5.76. The number of esters is 1. The number of nitrogens with zero attached hydrogens (tertiary/aromatic N) is 2. The molecule has 2 aliphatic heterocycles. The van der Waals surface area contributed by atoms with Crippen LogP contribution < -0.4 is 9.47 Å². The number of benzene rings is 3. The molecule has 5 rings (SSSR count). The topological polar surface area (TPSA) is 85.3 Å². The molecule has 3 aromatic carbocycles. The number of carbonyl (C=O) groups excluding carboxylic acids is 1. The number of fused-ring (bicyclic) bond motifs is 1. The number of piperidine rings is 1. The molecule has 0 aromatic heterocycles. The molecule has 0 unspecified atom stereocenters. The molecule has 0 bridgehead atoms. The highest BCUT2D eigenvalue weighted by Crippen LogP contribution is 2.30. The van der Waals surface area contributed by atoms with Crippen LogP contribution in [0, 0.1) is 5.92 Å². The monoisotopic (exact) mass is 462 g/mol. The average Bonchev–Trinajstić information content (AvgIpc) is 3.12. The summed E-state index contributed by atoms with van der Waals surface area (Å²) in [6.07, 6.45) is 1.13. The molecule has 0 radical (unpaired) electrons. The number of ether oxygens (including phenoxy) is 2. The van der Waals surface area contributed by atoms with Crippen molar-refractivity contribution >= 4 is 21.8 Å². The van der Waals surface area contributed by atoms with Gasteiger partial charge in [-0.25, -0.2) is 0 Å². The summed E-state index contributed by atoms with van der Waals surface area (Å²) in [6, 6.07) is 23.2. The molecule has 0 amide bonds. The Balaban J connectivity index is 1.18. The van der Waals surface area contributed by atoms with Gasteiger partial charge in [-0.2, -0.15) is 8.42 Å². The Morgan fingerprint density at radius 2 is 1.42 bits per heavy atom. The van der Waals surface area contributed by atoms with E-state index in [1.165, 1.54) is 0 Å². The Hall–Kier alpha value is -3.65. The molecule has 0 aliphatic carbocycles. The van der Waals surface area contributed by atoms with Crippen LogP contribution in [0.5, 0.6) is 17.2 Å². The minimum Gasteiger partial charge on any atom is -0.457 e. The van der Waals surface area contributed by atoms with Crippen LogP contribution in [0.1, 0.15) is 18.4 Å². The van der Waals surface area contributed by atoms with Crippen molar-refractivity contribution in [1.29, 1.82) is 0 Å². The van der Waals surface area contributed by atoms with Gasteiger partial charge in [0.15, 0.2) is 5.84 Å². The van der Waals surface area contributed by atoms with Crippen LogP contribution in [0.3, 0.4) is 0 Å². The molecule has 3 aromatic rings. The summed E-state index contributed by atoms with van der Waals surface area (Å²) < 4.78 is 39.9. The molecule has 168 valence electrons. The lowest BCUT2D eigenvalue weighted by atomic mass is 9.96. The summed E-state index contributed by atoms with van der Waals surface area (Å²) in [4.78, 5) is 14.8. The summed E-state index contributed by atoms with van der Waals surface area (Å²) in [7, 11) is -3.65. The maximum atomic E-state index is 12.7. The average molecular weight is 463 g/mol. The fraction of sp³-hybridized carbons (Fsp3) is 0.200. The van der Waals surface area contributed by atoms with Crippen LogP contribution in [0.15, 0.2) is 88.2 Å². The van der Waals surface area contributed by atoms with Crippen molar-refractivity contribution in [2.24, 2.45) is 10.3 Å². The van der Waals surface area contributed by atoms with Gasteiger partial charge in [-0.05, 0) is 61.4 Å². The van der Waals surface area contributed by atoms with Crippen LogP contribution in [-0.2, 0) is 14.8 Å².